The Morgan fingerprint density at radius 1 is 1.00 bits per heavy atom. The number of nitrogens with zero attached hydrogens (tertiary/aromatic N) is 3. The minimum Gasteiger partial charge on any atom is -0.327 e. The van der Waals surface area contributed by atoms with E-state index in [2.05, 4.69) is 10.2 Å². The minimum absolute atomic E-state index is 0.243. The highest BCUT2D eigenvalue weighted by molar-refractivity contribution is 5.90. The van der Waals surface area contributed by atoms with Crippen LogP contribution in [0.25, 0.3) is 11.0 Å². The number of benzene rings is 2. The van der Waals surface area contributed by atoms with Crippen LogP contribution in [-0.4, -0.2) is 20.9 Å². The molecule has 1 heterocycles. The van der Waals surface area contributed by atoms with Crippen molar-refractivity contribution in [2.45, 2.75) is 0 Å². The zero-order chi connectivity index (χ0) is 13.9. The van der Waals surface area contributed by atoms with Gasteiger partial charge in [-0.3, -0.25) is 5.41 Å². The molecule has 6 nitrogen and oxygen atoms in total. The Bertz CT molecular complexity index is 827. The van der Waals surface area contributed by atoms with Gasteiger partial charge in [-0.2, -0.15) is 0 Å². The summed E-state index contributed by atoms with van der Waals surface area (Å²) in [6.07, 6.45) is 0. The van der Waals surface area contributed by atoms with Crippen LogP contribution >= 0.6 is 0 Å². The Morgan fingerprint density at radius 2 is 1.70 bits per heavy atom. The first kappa shape index (κ1) is 12.0. The zero-order valence-electron chi connectivity index (χ0n) is 10.4. The van der Waals surface area contributed by atoms with Crippen molar-refractivity contribution in [3.8, 4) is 0 Å². The van der Waals surface area contributed by atoms with E-state index in [1.807, 2.05) is 6.07 Å². The first-order valence-electron chi connectivity index (χ1n) is 5.92. The van der Waals surface area contributed by atoms with Crippen molar-refractivity contribution < 1.29 is 9.63 Å². The summed E-state index contributed by atoms with van der Waals surface area (Å²) in [4.78, 5) is 17.3. The second-order valence-electron chi connectivity index (χ2n) is 4.05. The maximum atomic E-state index is 12.0. The maximum absolute atomic E-state index is 12.0. The number of para-hydroxylation sites is 1. The summed E-state index contributed by atoms with van der Waals surface area (Å²) >= 11 is 0. The number of hydrogen-bond acceptors (Lipinski definition) is 5. The second-order valence-corrected chi connectivity index (χ2v) is 4.05. The van der Waals surface area contributed by atoms with Crippen molar-refractivity contribution >= 4 is 17.0 Å². The summed E-state index contributed by atoms with van der Waals surface area (Å²) < 4.78 is 1.07. The highest BCUT2D eigenvalue weighted by atomic mass is 16.7. The molecule has 3 aromatic rings. The van der Waals surface area contributed by atoms with E-state index in [0.29, 0.717) is 16.6 Å². The van der Waals surface area contributed by atoms with Crippen LogP contribution in [0.15, 0.2) is 54.6 Å². The van der Waals surface area contributed by atoms with Crippen LogP contribution < -0.4 is 10.5 Å². The van der Waals surface area contributed by atoms with Gasteiger partial charge in [0, 0.05) is 0 Å². The van der Waals surface area contributed by atoms with Gasteiger partial charge in [-0.05, 0) is 24.3 Å². The summed E-state index contributed by atoms with van der Waals surface area (Å²) in [7, 11) is 0. The topological polar surface area (TPSA) is 80.9 Å². The monoisotopic (exact) mass is 266 g/mol. The normalized spacial score (nSPS) is 10.4. The van der Waals surface area contributed by atoms with Gasteiger partial charge in [0.1, 0.15) is 11.0 Å². The molecule has 0 saturated heterocycles. The predicted molar refractivity (Wildman–Crippen MR) is 70.7 cm³/mol. The molecule has 0 saturated carbocycles. The van der Waals surface area contributed by atoms with E-state index in [4.69, 9.17) is 10.2 Å². The maximum Gasteiger partial charge on any atom is 0.363 e. The molecule has 20 heavy (non-hydrogen) atoms. The summed E-state index contributed by atoms with van der Waals surface area (Å²) in [5.74, 6) is -0.553. The van der Waals surface area contributed by atoms with Crippen molar-refractivity contribution in [2.24, 2.45) is 0 Å². The van der Waals surface area contributed by atoms with Crippen molar-refractivity contribution in [1.82, 2.24) is 14.9 Å². The Morgan fingerprint density at radius 3 is 2.50 bits per heavy atom. The van der Waals surface area contributed by atoms with Crippen LogP contribution in [-0.2, 0) is 0 Å². The first-order valence-corrected chi connectivity index (χ1v) is 5.92. The summed E-state index contributed by atoms with van der Waals surface area (Å²) in [5, 5.41) is 15.2. The quantitative estimate of drug-likeness (QED) is 0.755. The minimum atomic E-state index is -0.553. The van der Waals surface area contributed by atoms with Gasteiger partial charge in [-0.1, -0.05) is 30.3 Å². The van der Waals surface area contributed by atoms with E-state index in [1.165, 1.54) is 0 Å². The third-order valence-corrected chi connectivity index (χ3v) is 2.73. The van der Waals surface area contributed by atoms with Crippen LogP contribution in [0.2, 0.25) is 0 Å². The van der Waals surface area contributed by atoms with Gasteiger partial charge in [0.25, 0.3) is 5.62 Å². The van der Waals surface area contributed by atoms with Crippen LogP contribution in [0.4, 0.5) is 0 Å². The van der Waals surface area contributed by atoms with Crippen LogP contribution in [0.5, 0.6) is 0 Å². The summed E-state index contributed by atoms with van der Waals surface area (Å²) in [6, 6.07) is 15.6. The fourth-order valence-electron chi connectivity index (χ4n) is 1.78. The number of hydrogen-bond donors (Lipinski definition) is 1. The van der Waals surface area contributed by atoms with E-state index in [0.717, 1.165) is 4.73 Å². The molecule has 0 amide bonds. The molecular formula is C14H10N4O2. The summed E-state index contributed by atoms with van der Waals surface area (Å²) in [5.41, 5.74) is 1.22. The van der Waals surface area contributed by atoms with Crippen LogP contribution in [0.3, 0.4) is 0 Å². The third kappa shape index (κ3) is 2.14. The summed E-state index contributed by atoms with van der Waals surface area (Å²) in [6.45, 7) is 0. The Hall–Kier alpha value is -3.02. The SMILES string of the molecule is N=c1nnc2ccccc2n1OC(=O)c1ccccc1. The number of aromatic nitrogens is 3. The molecule has 0 aliphatic heterocycles. The lowest BCUT2D eigenvalue weighted by atomic mass is 10.2. The van der Waals surface area contributed by atoms with Crippen molar-refractivity contribution in [3.63, 3.8) is 0 Å². The number of carbonyl (C=O) groups excluding carboxylic acids is 1. The molecule has 1 N–H and O–H groups in total. The molecule has 3 rings (SSSR count). The standard InChI is InChI=1S/C14H10N4O2/c15-14-17-16-11-8-4-5-9-12(11)18(14)20-13(19)10-6-2-1-3-7-10/h1-9,15H. The molecule has 0 aliphatic carbocycles. The lowest BCUT2D eigenvalue weighted by molar-refractivity contribution is 0.0450. The van der Waals surface area contributed by atoms with Crippen molar-refractivity contribution in [3.05, 3.63) is 65.8 Å². The van der Waals surface area contributed by atoms with Gasteiger partial charge in [0.15, 0.2) is 0 Å². The van der Waals surface area contributed by atoms with Gasteiger partial charge in [-0.25, -0.2) is 4.79 Å². The number of rotatable bonds is 2. The number of fused-ring (bicyclic) bond motifs is 1. The lowest BCUT2D eigenvalue weighted by Gasteiger charge is -2.09. The smallest absolute Gasteiger partial charge is 0.327 e. The van der Waals surface area contributed by atoms with E-state index < -0.39 is 5.97 Å². The van der Waals surface area contributed by atoms with Crippen molar-refractivity contribution in [2.75, 3.05) is 0 Å². The van der Waals surface area contributed by atoms with Gasteiger partial charge in [0.05, 0.1) is 5.56 Å². The highest BCUT2D eigenvalue weighted by Gasteiger charge is 2.11. The molecule has 0 radical (unpaired) electrons. The molecule has 0 atom stereocenters. The number of nitrogens with one attached hydrogen (secondary N) is 1. The largest absolute Gasteiger partial charge is 0.363 e. The average molecular weight is 266 g/mol. The van der Waals surface area contributed by atoms with E-state index in [1.54, 1.807) is 48.5 Å². The molecule has 2 aromatic carbocycles. The predicted octanol–water partition coefficient (Wildman–Crippen LogP) is 1.18. The Balaban J connectivity index is 2.05. The highest BCUT2D eigenvalue weighted by Crippen LogP contribution is 2.07. The second kappa shape index (κ2) is 4.93. The molecule has 0 spiro atoms. The fraction of sp³-hybridized carbons (Fsp3) is 0. The van der Waals surface area contributed by atoms with Gasteiger partial charge < -0.3 is 4.84 Å². The van der Waals surface area contributed by atoms with Crippen molar-refractivity contribution in [1.29, 1.82) is 5.41 Å². The molecule has 0 aliphatic rings. The molecule has 98 valence electrons. The lowest BCUT2D eigenvalue weighted by Crippen LogP contribution is -2.33. The molecule has 0 unspecified atom stereocenters. The molecule has 6 heteroatoms. The van der Waals surface area contributed by atoms with E-state index in [-0.39, 0.29) is 5.62 Å². The molecule has 0 fully saturated rings. The van der Waals surface area contributed by atoms with Gasteiger partial charge in [0.2, 0.25) is 0 Å². The van der Waals surface area contributed by atoms with Gasteiger partial charge in [-0.15, -0.1) is 14.9 Å². The van der Waals surface area contributed by atoms with E-state index >= 15 is 0 Å². The Labute approximate surface area is 113 Å². The van der Waals surface area contributed by atoms with E-state index in [9.17, 15) is 4.79 Å². The van der Waals surface area contributed by atoms with Crippen LogP contribution in [0.1, 0.15) is 10.4 Å². The van der Waals surface area contributed by atoms with Crippen LogP contribution in [0, 0.1) is 5.41 Å². The zero-order valence-corrected chi connectivity index (χ0v) is 10.4. The third-order valence-electron chi connectivity index (χ3n) is 2.73. The molecule has 1 aromatic heterocycles. The average Bonchev–Trinajstić information content (AvgIpc) is 2.51. The fourth-order valence-corrected chi connectivity index (χ4v) is 1.78. The molecule has 0 bridgehead atoms. The molecular weight excluding hydrogens is 256 g/mol. The van der Waals surface area contributed by atoms with Gasteiger partial charge >= 0.3 is 5.97 Å². The first-order chi connectivity index (χ1) is 9.75. The number of carbonyl (C=O) groups is 1. The Kier molecular flexibility index (Phi) is 2.96.